The lowest BCUT2D eigenvalue weighted by Crippen LogP contribution is -2.08. The number of nitrogens with one attached hydrogen (secondary N) is 2. The Balaban J connectivity index is 2.29. The Labute approximate surface area is 118 Å². The Morgan fingerprint density at radius 1 is 1.00 bits per heavy atom. The summed E-state index contributed by atoms with van der Waals surface area (Å²) in [7, 11) is 1.53. The molecule has 0 fully saturated rings. The molecule has 1 aromatic carbocycles. The molecule has 0 aliphatic carbocycles. The minimum absolute atomic E-state index is 0.280. The zero-order valence-corrected chi connectivity index (χ0v) is 12.2. The van der Waals surface area contributed by atoms with E-state index in [1.165, 1.54) is 18.2 Å². The number of aryl methyl sites for hydroxylation is 2. The Bertz CT molecular complexity index is 580. The molecule has 0 aliphatic rings. The van der Waals surface area contributed by atoms with Gasteiger partial charge in [-0.25, -0.2) is 0 Å². The maximum atomic E-state index is 5.08. The Kier molecular flexibility index (Phi) is 4.34. The quantitative estimate of drug-likeness (QED) is 0.872. The largest absolute Gasteiger partial charge is 0.467 e. The summed E-state index contributed by atoms with van der Waals surface area (Å²) >= 11 is 0. The zero-order valence-electron chi connectivity index (χ0n) is 12.2. The summed E-state index contributed by atoms with van der Waals surface area (Å²) in [6.45, 7) is 6.82. The third-order valence-corrected chi connectivity index (χ3v) is 2.61. The Morgan fingerprint density at radius 2 is 1.65 bits per heavy atom. The van der Waals surface area contributed by atoms with Gasteiger partial charge in [0.1, 0.15) is 0 Å². The first-order valence-corrected chi connectivity index (χ1v) is 6.50. The summed E-state index contributed by atoms with van der Waals surface area (Å²) in [6.07, 6.45) is 0. The molecule has 0 radical (unpaired) electrons. The number of aromatic nitrogens is 3. The van der Waals surface area contributed by atoms with Crippen molar-refractivity contribution in [3.05, 3.63) is 29.3 Å². The molecular formula is C14H19N5O. The van der Waals surface area contributed by atoms with E-state index in [9.17, 15) is 0 Å². The highest BCUT2D eigenvalue weighted by molar-refractivity contribution is 5.56. The first kappa shape index (κ1) is 14.0. The highest BCUT2D eigenvalue weighted by atomic mass is 16.5. The first-order chi connectivity index (χ1) is 9.60. The van der Waals surface area contributed by atoms with Crippen molar-refractivity contribution in [1.82, 2.24) is 15.0 Å². The Hall–Kier alpha value is -2.37. The Morgan fingerprint density at radius 3 is 2.25 bits per heavy atom. The molecule has 0 bridgehead atoms. The lowest BCUT2D eigenvalue weighted by atomic mass is 10.1. The third-order valence-electron chi connectivity index (χ3n) is 2.61. The van der Waals surface area contributed by atoms with Crippen LogP contribution in [0.25, 0.3) is 0 Å². The van der Waals surface area contributed by atoms with Gasteiger partial charge in [-0.15, -0.1) is 0 Å². The maximum Gasteiger partial charge on any atom is 0.322 e. The van der Waals surface area contributed by atoms with Crippen molar-refractivity contribution in [3.8, 4) is 6.01 Å². The summed E-state index contributed by atoms with van der Waals surface area (Å²) in [5, 5.41) is 6.23. The lowest BCUT2D eigenvalue weighted by Gasteiger charge is -2.09. The normalized spacial score (nSPS) is 10.2. The molecule has 20 heavy (non-hydrogen) atoms. The summed E-state index contributed by atoms with van der Waals surface area (Å²) < 4.78 is 5.08. The van der Waals surface area contributed by atoms with E-state index >= 15 is 0 Å². The molecular weight excluding hydrogens is 254 g/mol. The number of hydrogen-bond donors (Lipinski definition) is 2. The van der Waals surface area contributed by atoms with Crippen LogP contribution in [0, 0.1) is 13.8 Å². The number of methoxy groups -OCH3 is 1. The van der Waals surface area contributed by atoms with Gasteiger partial charge in [-0.1, -0.05) is 6.07 Å². The SMILES string of the molecule is CCNc1nc(Nc2cc(C)cc(C)c2)nc(OC)n1. The molecule has 0 spiro atoms. The van der Waals surface area contributed by atoms with Gasteiger partial charge in [-0.3, -0.25) is 0 Å². The van der Waals surface area contributed by atoms with Crippen LogP contribution in [0.3, 0.4) is 0 Å². The van der Waals surface area contributed by atoms with Crippen LogP contribution in [-0.4, -0.2) is 28.6 Å². The van der Waals surface area contributed by atoms with Crippen LogP contribution < -0.4 is 15.4 Å². The van der Waals surface area contributed by atoms with E-state index in [4.69, 9.17) is 4.74 Å². The molecule has 0 aliphatic heterocycles. The van der Waals surface area contributed by atoms with Gasteiger partial charge in [0.05, 0.1) is 7.11 Å². The van der Waals surface area contributed by atoms with Crippen molar-refractivity contribution >= 4 is 17.6 Å². The summed E-state index contributed by atoms with van der Waals surface area (Å²) in [5.41, 5.74) is 3.30. The van der Waals surface area contributed by atoms with Crippen LogP contribution in [0.15, 0.2) is 18.2 Å². The second kappa shape index (κ2) is 6.18. The molecule has 1 aromatic heterocycles. The molecule has 6 nitrogen and oxygen atoms in total. The standard InChI is InChI=1S/C14H19N5O/c1-5-15-12-17-13(19-14(18-12)20-4)16-11-7-9(2)6-10(3)8-11/h6-8H,5H2,1-4H3,(H2,15,16,17,18,19). The minimum atomic E-state index is 0.280. The average molecular weight is 273 g/mol. The molecule has 0 amide bonds. The van der Waals surface area contributed by atoms with Crippen molar-refractivity contribution in [2.24, 2.45) is 0 Å². The van der Waals surface area contributed by atoms with Gasteiger partial charge in [-0.05, 0) is 44.0 Å². The third kappa shape index (κ3) is 3.57. The predicted molar refractivity (Wildman–Crippen MR) is 79.7 cm³/mol. The fourth-order valence-corrected chi connectivity index (χ4v) is 1.92. The highest BCUT2D eigenvalue weighted by Crippen LogP contribution is 2.19. The molecule has 0 unspecified atom stereocenters. The molecule has 1 heterocycles. The number of benzene rings is 1. The van der Waals surface area contributed by atoms with E-state index in [1.54, 1.807) is 0 Å². The summed E-state index contributed by atoms with van der Waals surface area (Å²) in [5.74, 6) is 0.948. The number of anilines is 3. The molecule has 106 valence electrons. The molecule has 0 atom stereocenters. The van der Waals surface area contributed by atoms with E-state index in [2.05, 4.69) is 45.5 Å². The number of hydrogen-bond acceptors (Lipinski definition) is 6. The summed E-state index contributed by atoms with van der Waals surface area (Å²) in [6, 6.07) is 6.47. The maximum absolute atomic E-state index is 5.08. The van der Waals surface area contributed by atoms with Crippen LogP contribution in [0.1, 0.15) is 18.1 Å². The molecule has 0 saturated heterocycles. The van der Waals surface area contributed by atoms with Crippen molar-refractivity contribution in [2.45, 2.75) is 20.8 Å². The van der Waals surface area contributed by atoms with Gasteiger partial charge in [0, 0.05) is 12.2 Å². The first-order valence-electron chi connectivity index (χ1n) is 6.50. The van der Waals surface area contributed by atoms with E-state index < -0.39 is 0 Å². The van der Waals surface area contributed by atoms with Crippen LogP contribution >= 0.6 is 0 Å². The van der Waals surface area contributed by atoms with Gasteiger partial charge < -0.3 is 15.4 Å². The second-order valence-electron chi connectivity index (χ2n) is 4.50. The van der Waals surface area contributed by atoms with E-state index in [1.807, 2.05) is 19.1 Å². The van der Waals surface area contributed by atoms with Gasteiger partial charge >= 0.3 is 6.01 Å². The van der Waals surface area contributed by atoms with Crippen molar-refractivity contribution in [3.63, 3.8) is 0 Å². The van der Waals surface area contributed by atoms with Crippen LogP contribution in [0.4, 0.5) is 17.6 Å². The molecule has 2 rings (SSSR count). The number of rotatable bonds is 5. The fourth-order valence-electron chi connectivity index (χ4n) is 1.92. The van der Waals surface area contributed by atoms with E-state index in [-0.39, 0.29) is 6.01 Å². The van der Waals surface area contributed by atoms with Crippen molar-refractivity contribution in [2.75, 3.05) is 24.3 Å². The van der Waals surface area contributed by atoms with E-state index in [0.717, 1.165) is 12.2 Å². The van der Waals surface area contributed by atoms with Crippen molar-refractivity contribution < 1.29 is 4.74 Å². The van der Waals surface area contributed by atoms with Gasteiger partial charge in [0.25, 0.3) is 0 Å². The molecule has 2 aromatic rings. The van der Waals surface area contributed by atoms with Crippen molar-refractivity contribution in [1.29, 1.82) is 0 Å². The topological polar surface area (TPSA) is 72.0 Å². The van der Waals surface area contributed by atoms with Crippen LogP contribution in [0.2, 0.25) is 0 Å². The number of nitrogens with zero attached hydrogens (tertiary/aromatic N) is 3. The minimum Gasteiger partial charge on any atom is -0.467 e. The number of ether oxygens (including phenoxy) is 1. The van der Waals surface area contributed by atoms with E-state index in [0.29, 0.717) is 11.9 Å². The smallest absolute Gasteiger partial charge is 0.322 e. The second-order valence-corrected chi connectivity index (χ2v) is 4.50. The lowest BCUT2D eigenvalue weighted by molar-refractivity contribution is 0.379. The van der Waals surface area contributed by atoms with Gasteiger partial charge in [-0.2, -0.15) is 15.0 Å². The molecule has 0 saturated carbocycles. The van der Waals surface area contributed by atoms with Crippen LogP contribution in [-0.2, 0) is 0 Å². The zero-order chi connectivity index (χ0) is 14.5. The highest BCUT2D eigenvalue weighted by Gasteiger charge is 2.07. The monoisotopic (exact) mass is 273 g/mol. The fraction of sp³-hybridized carbons (Fsp3) is 0.357. The predicted octanol–water partition coefficient (Wildman–Crippen LogP) is 2.67. The molecule has 2 N–H and O–H groups in total. The molecule has 6 heteroatoms. The summed E-state index contributed by atoms with van der Waals surface area (Å²) in [4.78, 5) is 12.6. The van der Waals surface area contributed by atoms with Gasteiger partial charge in [0.15, 0.2) is 0 Å². The van der Waals surface area contributed by atoms with Gasteiger partial charge in [0.2, 0.25) is 11.9 Å². The average Bonchev–Trinajstić information content (AvgIpc) is 2.37. The van der Waals surface area contributed by atoms with Crippen LogP contribution in [0.5, 0.6) is 6.01 Å².